The molecule has 2 heterocycles. The molecule has 1 saturated heterocycles. The number of methoxy groups -OCH3 is 1. The Labute approximate surface area is 149 Å². The molecule has 0 saturated carbocycles. The van der Waals surface area contributed by atoms with Gasteiger partial charge in [-0.15, -0.1) is 11.3 Å². The van der Waals surface area contributed by atoms with Crippen LogP contribution < -0.4 is 5.32 Å². The molecule has 6 nitrogen and oxygen atoms in total. The SMILES string of the molecule is COC(=O)c1sccc1NC(=O)c1ccc(CN2CCCC2=O)cc1. The number of carbonyl (C=O) groups is 3. The van der Waals surface area contributed by atoms with E-state index in [0.29, 0.717) is 29.1 Å². The lowest BCUT2D eigenvalue weighted by atomic mass is 10.1. The van der Waals surface area contributed by atoms with Gasteiger partial charge < -0.3 is 15.0 Å². The summed E-state index contributed by atoms with van der Waals surface area (Å²) in [6.45, 7) is 1.35. The molecule has 1 N–H and O–H groups in total. The minimum atomic E-state index is -0.476. The van der Waals surface area contributed by atoms with Gasteiger partial charge >= 0.3 is 5.97 Å². The molecule has 0 bridgehead atoms. The molecule has 0 aliphatic carbocycles. The van der Waals surface area contributed by atoms with Crippen molar-refractivity contribution in [2.75, 3.05) is 19.0 Å². The van der Waals surface area contributed by atoms with Crippen molar-refractivity contribution in [3.63, 3.8) is 0 Å². The Kier molecular flexibility index (Phi) is 5.14. The Morgan fingerprint density at radius 2 is 2.00 bits per heavy atom. The van der Waals surface area contributed by atoms with Crippen molar-refractivity contribution in [1.82, 2.24) is 4.90 Å². The molecule has 1 aromatic carbocycles. The van der Waals surface area contributed by atoms with E-state index in [1.54, 1.807) is 23.6 Å². The van der Waals surface area contributed by atoms with Crippen molar-refractivity contribution in [1.29, 1.82) is 0 Å². The monoisotopic (exact) mass is 358 g/mol. The number of anilines is 1. The number of hydrogen-bond donors (Lipinski definition) is 1. The Bertz CT molecular complexity index is 798. The normalized spacial score (nSPS) is 13.8. The lowest BCUT2D eigenvalue weighted by Gasteiger charge is -2.15. The summed E-state index contributed by atoms with van der Waals surface area (Å²) in [4.78, 5) is 37.9. The maximum Gasteiger partial charge on any atom is 0.350 e. The van der Waals surface area contributed by atoms with Crippen LogP contribution in [0.1, 0.15) is 38.4 Å². The first-order chi connectivity index (χ1) is 12.1. The van der Waals surface area contributed by atoms with Crippen LogP contribution in [-0.2, 0) is 16.1 Å². The molecular formula is C18H18N2O4S. The van der Waals surface area contributed by atoms with E-state index >= 15 is 0 Å². The summed E-state index contributed by atoms with van der Waals surface area (Å²) >= 11 is 1.21. The number of carbonyl (C=O) groups excluding carboxylic acids is 3. The predicted octanol–water partition coefficient (Wildman–Crippen LogP) is 2.91. The maximum atomic E-state index is 12.4. The Morgan fingerprint density at radius 3 is 2.64 bits per heavy atom. The summed E-state index contributed by atoms with van der Waals surface area (Å²) in [5.41, 5.74) is 1.91. The van der Waals surface area contributed by atoms with Crippen molar-refractivity contribution >= 4 is 34.8 Å². The maximum absolute atomic E-state index is 12.4. The summed E-state index contributed by atoms with van der Waals surface area (Å²) in [5, 5.41) is 4.45. The number of likely N-dealkylation sites (tertiary alicyclic amines) is 1. The molecule has 2 amide bonds. The number of amides is 2. The topological polar surface area (TPSA) is 75.7 Å². The van der Waals surface area contributed by atoms with Crippen LogP contribution >= 0.6 is 11.3 Å². The van der Waals surface area contributed by atoms with E-state index in [0.717, 1.165) is 18.5 Å². The van der Waals surface area contributed by atoms with Gasteiger partial charge in [-0.1, -0.05) is 12.1 Å². The summed E-state index contributed by atoms with van der Waals surface area (Å²) < 4.78 is 4.70. The van der Waals surface area contributed by atoms with Crippen molar-refractivity contribution < 1.29 is 19.1 Å². The number of benzene rings is 1. The van der Waals surface area contributed by atoms with E-state index in [1.807, 2.05) is 17.0 Å². The first-order valence-corrected chi connectivity index (χ1v) is 8.80. The minimum absolute atomic E-state index is 0.176. The van der Waals surface area contributed by atoms with E-state index in [-0.39, 0.29) is 11.8 Å². The van der Waals surface area contributed by atoms with Crippen LogP contribution in [0.15, 0.2) is 35.7 Å². The fourth-order valence-electron chi connectivity index (χ4n) is 2.71. The zero-order chi connectivity index (χ0) is 17.8. The zero-order valence-corrected chi connectivity index (χ0v) is 14.6. The van der Waals surface area contributed by atoms with Gasteiger partial charge in [0.15, 0.2) is 0 Å². The first-order valence-electron chi connectivity index (χ1n) is 7.92. The molecule has 1 aliphatic rings. The highest BCUT2D eigenvalue weighted by Gasteiger charge is 2.20. The molecule has 25 heavy (non-hydrogen) atoms. The quantitative estimate of drug-likeness (QED) is 0.834. The summed E-state index contributed by atoms with van der Waals surface area (Å²) in [5.74, 6) is -0.599. The average molecular weight is 358 g/mol. The zero-order valence-electron chi connectivity index (χ0n) is 13.8. The average Bonchev–Trinajstić information content (AvgIpc) is 3.24. The number of thiophene rings is 1. The van der Waals surface area contributed by atoms with Crippen molar-refractivity contribution in [2.24, 2.45) is 0 Å². The van der Waals surface area contributed by atoms with E-state index in [9.17, 15) is 14.4 Å². The van der Waals surface area contributed by atoms with E-state index in [2.05, 4.69) is 5.32 Å². The Balaban J connectivity index is 1.66. The van der Waals surface area contributed by atoms with Gasteiger partial charge in [0.25, 0.3) is 5.91 Å². The molecule has 0 spiro atoms. The summed E-state index contributed by atoms with van der Waals surface area (Å²) in [6.07, 6.45) is 1.52. The van der Waals surface area contributed by atoms with Crippen molar-refractivity contribution in [2.45, 2.75) is 19.4 Å². The van der Waals surface area contributed by atoms with Gasteiger partial charge in [0, 0.05) is 25.1 Å². The standard InChI is InChI=1S/C18H18N2O4S/c1-24-18(23)16-14(8-10-25-16)19-17(22)13-6-4-12(5-7-13)11-20-9-2-3-15(20)21/h4-8,10H,2-3,9,11H2,1H3,(H,19,22). The van der Waals surface area contributed by atoms with Gasteiger partial charge in [-0.3, -0.25) is 9.59 Å². The number of nitrogens with zero attached hydrogens (tertiary/aromatic N) is 1. The van der Waals surface area contributed by atoms with Gasteiger partial charge in [-0.2, -0.15) is 0 Å². The first kappa shape index (κ1) is 17.2. The second-order valence-electron chi connectivity index (χ2n) is 5.72. The molecule has 0 radical (unpaired) electrons. The molecular weight excluding hydrogens is 340 g/mol. The molecule has 3 rings (SSSR count). The van der Waals surface area contributed by atoms with E-state index in [4.69, 9.17) is 4.74 Å². The highest BCUT2D eigenvalue weighted by Crippen LogP contribution is 2.24. The molecule has 1 fully saturated rings. The van der Waals surface area contributed by atoms with Crippen LogP contribution in [0.4, 0.5) is 5.69 Å². The largest absolute Gasteiger partial charge is 0.465 e. The Morgan fingerprint density at radius 1 is 1.24 bits per heavy atom. The van der Waals surface area contributed by atoms with Gasteiger partial charge in [0.05, 0.1) is 12.8 Å². The lowest BCUT2D eigenvalue weighted by Crippen LogP contribution is -2.23. The highest BCUT2D eigenvalue weighted by molar-refractivity contribution is 7.12. The van der Waals surface area contributed by atoms with Crippen LogP contribution in [-0.4, -0.2) is 36.3 Å². The van der Waals surface area contributed by atoms with Crippen molar-refractivity contribution in [3.8, 4) is 0 Å². The highest BCUT2D eigenvalue weighted by atomic mass is 32.1. The van der Waals surface area contributed by atoms with E-state index in [1.165, 1.54) is 18.4 Å². The third-order valence-electron chi connectivity index (χ3n) is 4.05. The minimum Gasteiger partial charge on any atom is -0.465 e. The Hall–Kier alpha value is -2.67. The van der Waals surface area contributed by atoms with Crippen LogP contribution in [0.3, 0.4) is 0 Å². The third-order valence-corrected chi connectivity index (χ3v) is 4.94. The van der Waals surface area contributed by atoms with Crippen LogP contribution in [0.5, 0.6) is 0 Å². The van der Waals surface area contributed by atoms with Gasteiger partial charge in [-0.25, -0.2) is 4.79 Å². The smallest absolute Gasteiger partial charge is 0.350 e. The van der Waals surface area contributed by atoms with Crippen LogP contribution in [0.2, 0.25) is 0 Å². The number of hydrogen-bond acceptors (Lipinski definition) is 5. The number of rotatable bonds is 5. The molecule has 0 atom stereocenters. The molecule has 1 aromatic heterocycles. The van der Waals surface area contributed by atoms with Crippen LogP contribution in [0.25, 0.3) is 0 Å². The number of ether oxygens (including phenoxy) is 1. The molecule has 1 aliphatic heterocycles. The number of nitrogens with one attached hydrogen (secondary N) is 1. The summed E-state index contributed by atoms with van der Waals surface area (Å²) in [7, 11) is 1.30. The fourth-order valence-corrected chi connectivity index (χ4v) is 3.47. The van der Waals surface area contributed by atoms with Crippen LogP contribution in [0, 0.1) is 0 Å². The molecule has 7 heteroatoms. The second kappa shape index (κ2) is 7.48. The third kappa shape index (κ3) is 3.88. The predicted molar refractivity (Wildman–Crippen MR) is 94.7 cm³/mol. The molecule has 2 aromatic rings. The van der Waals surface area contributed by atoms with E-state index < -0.39 is 5.97 Å². The molecule has 130 valence electrons. The lowest BCUT2D eigenvalue weighted by molar-refractivity contribution is -0.128. The van der Waals surface area contributed by atoms with Gasteiger partial charge in [-0.05, 0) is 35.6 Å². The van der Waals surface area contributed by atoms with Gasteiger partial charge in [0.1, 0.15) is 4.88 Å². The van der Waals surface area contributed by atoms with Crippen molar-refractivity contribution in [3.05, 3.63) is 51.7 Å². The summed E-state index contributed by atoms with van der Waals surface area (Å²) in [6, 6.07) is 8.79. The van der Waals surface area contributed by atoms with Gasteiger partial charge in [0.2, 0.25) is 5.91 Å². The number of esters is 1. The second-order valence-corrected chi connectivity index (χ2v) is 6.64. The fraction of sp³-hybridized carbons (Fsp3) is 0.278. The molecule has 0 unspecified atom stereocenters.